The standard InChI is InChI=1S/C23H28N4O3/c1-14(2)17-11-18(20(29)12-19(17)28)22-21(23(30)26-25-22)16-5-3-15(4-6-16)13-27-9-7-24-8-10-27/h3-6,11-12,14,21,24,28-29H,7-10,13H2,1-2H3,(H,26,30). The van der Waals surface area contributed by atoms with Gasteiger partial charge in [-0.1, -0.05) is 38.1 Å². The van der Waals surface area contributed by atoms with Crippen molar-refractivity contribution >= 4 is 11.6 Å². The molecule has 1 atom stereocenters. The number of phenolic OH excluding ortho intramolecular Hbond substituents is 2. The topological polar surface area (TPSA) is 101 Å². The second-order valence-corrected chi connectivity index (χ2v) is 8.23. The van der Waals surface area contributed by atoms with Crippen LogP contribution in [0.4, 0.5) is 0 Å². The number of hydrogen-bond donors (Lipinski definition) is 4. The number of aromatic hydroxyl groups is 2. The van der Waals surface area contributed by atoms with Gasteiger partial charge in [-0.2, -0.15) is 5.10 Å². The normalized spacial score (nSPS) is 19.8. The zero-order chi connectivity index (χ0) is 21.3. The number of hydrogen-bond acceptors (Lipinski definition) is 6. The minimum absolute atomic E-state index is 0.0452. The van der Waals surface area contributed by atoms with Crippen molar-refractivity contribution in [1.82, 2.24) is 10.2 Å². The average Bonchev–Trinajstić information content (AvgIpc) is 3.10. The van der Waals surface area contributed by atoms with Crippen molar-refractivity contribution in [3.05, 3.63) is 58.7 Å². The molecule has 158 valence electrons. The van der Waals surface area contributed by atoms with Crippen molar-refractivity contribution in [2.24, 2.45) is 10.2 Å². The van der Waals surface area contributed by atoms with Crippen molar-refractivity contribution in [2.75, 3.05) is 26.2 Å². The zero-order valence-electron chi connectivity index (χ0n) is 17.3. The highest BCUT2D eigenvalue weighted by Crippen LogP contribution is 2.37. The zero-order valence-corrected chi connectivity index (χ0v) is 17.3. The lowest BCUT2D eigenvalue weighted by Crippen LogP contribution is -2.42. The predicted molar refractivity (Wildman–Crippen MR) is 118 cm³/mol. The van der Waals surface area contributed by atoms with Crippen molar-refractivity contribution in [2.45, 2.75) is 32.2 Å². The van der Waals surface area contributed by atoms with Gasteiger partial charge in [0.2, 0.25) is 5.90 Å². The fourth-order valence-electron chi connectivity index (χ4n) is 4.06. The summed E-state index contributed by atoms with van der Waals surface area (Å²) in [7, 11) is 0. The molecule has 0 radical (unpaired) electrons. The van der Waals surface area contributed by atoms with Gasteiger partial charge in [0.1, 0.15) is 17.4 Å². The van der Waals surface area contributed by atoms with Crippen LogP contribution in [0, 0.1) is 0 Å². The van der Waals surface area contributed by atoms with Crippen molar-refractivity contribution in [1.29, 1.82) is 0 Å². The number of benzene rings is 2. The van der Waals surface area contributed by atoms with E-state index in [0.29, 0.717) is 16.8 Å². The summed E-state index contributed by atoms with van der Waals surface area (Å²) in [5.41, 5.74) is 3.72. The van der Waals surface area contributed by atoms with E-state index in [2.05, 4.69) is 32.6 Å². The molecule has 0 aromatic heterocycles. The van der Waals surface area contributed by atoms with E-state index in [1.807, 2.05) is 26.0 Å². The van der Waals surface area contributed by atoms with E-state index < -0.39 is 5.92 Å². The number of phenols is 2. The molecule has 2 heterocycles. The highest BCUT2D eigenvalue weighted by Gasteiger charge is 2.32. The summed E-state index contributed by atoms with van der Waals surface area (Å²) in [5, 5.41) is 42.4. The Bertz CT molecular complexity index is 977. The van der Waals surface area contributed by atoms with Gasteiger partial charge < -0.3 is 20.6 Å². The van der Waals surface area contributed by atoms with Crippen LogP contribution in [0.5, 0.6) is 11.5 Å². The molecule has 1 unspecified atom stereocenters. The summed E-state index contributed by atoms with van der Waals surface area (Å²) in [5.74, 6) is -0.611. The van der Waals surface area contributed by atoms with E-state index in [-0.39, 0.29) is 23.3 Å². The summed E-state index contributed by atoms with van der Waals surface area (Å²) < 4.78 is 0. The first-order valence-electron chi connectivity index (χ1n) is 10.4. The molecule has 2 aromatic carbocycles. The molecule has 7 heteroatoms. The first-order chi connectivity index (χ1) is 14.4. The van der Waals surface area contributed by atoms with Crippen LogP contribution >= 0.6 is 0 Å². The second-order valence-electron chi connectivity index (χ2n) is 8.23. The summed E-state index contributed by atoms with van der Waals surface area (Å²) in [6.45, 7) is 8.92. The van der Waals surface area contributed by atoms with Crippen molar-refractivity contribution in [3.8, 4) is 11.5 Å². The highest BCUT2D eigenvalue weighted by atomic mass is 16.3. The van der Waals surface area contributed by atoms with Crippen LogP contribution in [0.25, 0.3) is 0 Å². The number of nitrogens with zero attached hydrogens (tertiary/aromatic N) is 3. The molecular formula is C23H28N4O3. The Morgan fingerprint density at radius 1 is 1.00 bits per heavy atom. The molecule has 4 N–H and O–H groups in total. The first kappa shape index (κ1) is 20.4. The van der Waals surface area contributed by atoms with E-state index in [0.717, 1.165) is 38.3 Å². The van der Waals surface area contributed by atoms with E-state index in [1.165, 1.54) is 11.6 Å². The summed E-state index contributed by atoms with van der Waals surface area (Å²) in [6.07, 6.45) is 0. The molecule has 7 nitrogen and oxygen atoms in total. The van der Waals surface area contributed by atoms with Crippen LogP contribution in [0.2, 0.25) is 0 Å². The molecule has 2 aromatic rings. The highest BCUT2D eigenvalue weighted by molar-refractivity contribution is 6.20. The maximum atomic E-state index is 10.5. The van der Waals surface area contributed by atoms with Crippen LogP contribution in [0.3, 0.4) is 0 Å². The second kappa shape index (κ2) is 8.45. The van der Waals surface area contributed by atoms with Crippen LogP contribution in [0.15, 0.2) is 46.6 Å². The van der Waals surface area contributed by atoms with Crippen molar-refractivity contribution in [3.63, 3.8) is 0 Å². The largest absolute Gasteiger partial charge is 0.508 e. The number of rotatable bonds is 5. The predicted octanol–water partition coefficient (Wildman–Crippen LogP) is 3.08. The Morgan fingerprint density at radius 2 is 1.70 bits per heavy atom. The molecule has 0 bridgehead atoms. The summed E-state index contributed by atoms with van der Waals surface area (Å²) >= 11 is 0. The molecule has 1 saturated heterocycles. The summed E-state index contributed by atoms with van der Waals surface area (Å²) in [4.78, 5) is 2.41. The Balaban J connectivity index is 1.60. The Labute approximate surface area is 176 Å². The van der Waals surface area contributed by atoms with Gasteiger partial charge in [0, 0.05) is 44.4 Å². The Kier molecular flexibility index (Phi) is 5.74. The van der Waals surface area contributed by atoms with Crippen LogP contribution < -0.4 is 5.32 Å². The van der Waals surface area contributed by atoms with Gasteiger partial charge in [-0.05, 0) is 28.7 Å². The molecule has 0 aliphatic carbocycles. The van der Waals surface area contributed by atoms with Gasteiger partial charge in [0.15, 0.2) is 0 Å². The molecule has 4 rings (SSSR count). The van der Waals surface area contributed by atoms with Crippen LogP contribution in [-0.2, 0) is 6.54 Å². The third-order valence-electron chi connectivity index (χ3n) is 5.76. The van der Waals surface area contributed by atoms with Gasteiger partial charge in [-0.3, -0.25) is 4.90 Å². The Hall–Kier alpha value is -2.90. The molecule has 30 heavy (non-hydrogen) atoms. The van der Waals surface area contributed by atoms with Gasteiger partial charge in [0.25, 0.3) is 0 Å². The summed E-state index contributed by atoms with van der Waals surface area (Å²) in [6, 6.07) is 11.2. The van der Waals surface area contributed by atoms with Crippen molar-refractivity contribution < 1.29 is 15.3 Å². The minimum Gasteiger partial charge on any atom is -0.508 e. The maximum absolute atomic E-state index is 10.5. The lowest BCUT2D eigenvalue weighted by atomic mass is 9.87. The molecule has 2 aliphatic heterocycles. The first-order valence-corrected chi connectivity index (χ1v) is 10.4. The van der Waals surface area contributed by atoms with Crippen LogP contribution in [0.1, 0.15) is 47.9 Å². The fraction of sp³-hybridized carbons (Fsp3) is 0.391. The fourth-order valence-corrected chi connectivity index (χ4v) is 4.06. The monoisotopic (exact) mass is 408 g/mol. The lowest BCUT2D eigenvalue weighted by Gasteiger charge is -2.27. The van der Waals surface area contributed by atoms with Gasteiger partial charge in [-0.25, -0.2) is 0 Å². The van der Waals surface area contributed by atoms with E-state index in [1.54, 1.807) is 6.07 Å². The van der Waals surface area contributed by atoms with Crippen LogP contribution in [-0.4, -0.2) is 58.0 Å². The number of nitrogens with one attached hydrogen (secondary N) is 1. The average molecular weight is 409 g/mol. The SMILES string of the molecule is CC(C)c1cc(C2=NN=C(O)C2c2ccc(CN3CCNCC3)cc2)c(O)cc1O. The van der Waals surface area contributed by atoms with E-state index in [9.17, 15) is 15.3 Å². The molecule has 0 amide bonds. The minimum atomic E-state index is -0.548. The van der Waals surface area contributed by atoms with Gasteiger partial charge in [0.05, 0.1) is 5.71 Å². The third kappa shape index (κ3) is 4.04. The number of piperazine rings is 1. The molecule has 0 spiro atoms. The molecule has 1 fully saturated rings. The van der Waals surface area contributed by atoms with E-state index >= 15 is 0 Å². The third-order valence-corrected chi connectivity index (χ3v) is 5.76. The maximum Gasteiger partial charge on any atom is 0.219 e. The molecule has 0 saturated carbocycles. The molecular weight excluding hydrogens is 380 g/mol. The van der Waals surface area contributed by atoms with Gasteiger partial charge >= 0.3 is 0 Å². The lowest BCUT2D eigenvalue weighted by molar-refractivity contribution is 0.233. The molecule has 2 aliphatic rings. The van der Waals surface area contributed by atoms with Gasteiger partial charge in [-0.15, -0.1) is 5.10 Å². The Morgan fingerprint density at radius 3 is 2.37 bits per heavy atom. The smallest absolute Gasteiger partial charge is 0.219 e. The number of aliphatic hydroxyl groups excluding tert-OH is 1. The quantitative estimate of drug-likeness (QED) is 0.609. The van der Waals surface area contributed by atoms with E-state index in [4.69, 9.17) is 0 Å². The number of aliphatic hydroxyl groups is 1.